The van der Waals surface area contributed by atoms with E-state index >= 15 is 0 Å². The molecule has 1 saturated heterocycles. The van der Waals surface area contributed by atoms with Gasteiger partial charge in [0.15, 0.2) is 0 Å². The number of rotatable bonds is 4. The van der Waals surface area contributed by atoms with Crippen LogP contribution in [0.4, 0.5) is 5.69 Å². The van der Waals surface area contributed by atoms with E-state index in [2.05, 4.69) is 6.92 Å². The molecule has 0 aliphatic carbocycles. The van der Waals surface area contributed by atoms with Gasteiger partial charge in [0.2, 0.25) is 0 Å². The summed E-state index contributed by atoms with van der Waals surface area (Å²) >= 11 is 6.72. The Balaban J connectivity index is 2.22. The fourth-order valence-electron chi connectivity index (χ4n) is 2.06. The molecule has 0 N–H and O–H groups in total. The SMILES string of the molecule is CC[C@@H](C)N1C(=O)/C(=C/c2ccc(N(C)C)cc2)SC1=S. The molecule has 1 fully saturated rings. The van der Waals surface area contributed by atoms with Crippen molar-refractivity contribution in [2.24, 2.45) is 0 Å². The maximum atomic E-state index is 12.4. The van der Waals surface area contributed by atoms with Crippen molar-refractivity contribution in [3.8, 4) is 0 Å². The highest BCUT2D eigenvalue weighted by Gasteiger charge is 2.34. The van der Waals surface area contributed by atoms with E-state index in [0.717, 1.165) is 17.7 Å². The summed E-state index contributed by atoms with van der Waals surface area (Å²) in [5, 5.41) is 0. The number of nitrogens with zero attached hydrogens (tertiary/aromatic N) is 2. The molecule has 0 aromatic heterocycles. The van der Waals surface area contributed by atoms with E-state index in [-0.39, 0.29) is 11.9 Å². The second-order valence-corrected chi connectivity index (χ2v) is 6.97. The summed E-state index contributed by atoms with van der Waals surface area (Å²) in [4.78, 5) is 16.9. The molecule has 112 valence electrons. The quantitative estimate of drug-likeness (QED) is 0.623. The zero-order valence-corrected chi connectivity index (χ0v) is 14.4. The number of thiocarbonyl (C=S) groups is 1. The summed E-state index contributed by atoms with van der Waals surface area (Å²) in [5.74, 6) is 0.0241. The molecule has 21 heavy (non-hydrogen) atoms. The fourth-order valence-corrected chi connectivity index (χ4v) is 3.52. The van der Waals surface area contributed by atoms with Crippen LogP contribution in [0.1, 0.15) is 25.8 Å². The van der Waals surface area contributed by atoms with E-state index in [1.807, 2.05) is 56.3 Å². The molecule has 0 saturated carbocycles. The molecule has 3 nitrogen and oxygen atoms in total. The Morgan fingerprint density at radius 1 is 1.33 bits per heavy atom. The number of hydrogen-bond acceptors (Lipinski definition) is 4. The lowest BCUT2D eigenvalue weighted by Crippen LogP contribution is -2.36. The second-order valence-electron chi connectivity index (χ2n) is 5.29. The lowest BCUT2D eigenvalue weighted by atomic mass is 10.1. The molecule has 0 radical (unpaired) electrons. The molecule has 5 heteroatoms. The number of carbonyl (C=O) groups is 1. The van der Waals surface area contributed by atoms with E-state index in [1.165, 1.54) is 11.8 Å². The van der Waals surface area contributed by atoms with Crippen molar-refractivity contribution in [1.82, 2.24) is 4.90 Å². The first-order chi connectivity index (χ1) is 9.93. The average Bonchev–Trinajstić information content (AvgIpc) is 2.73. The van der Waals surface area contributed by atoms with Crippen LogP contribution in [0.2, 0.25) is 0 Å². The lowest BCUT2D eigenvalue weighted by molar-refractivity contribution is -0.123. The number of thioether (sulfide) groups is 1. The molecule has 0 unspecified atom stereocenters. The van der Waals surface area contributed by atoms with Crippen molar-refractivity contribution in [1.29, 1.82) is 0 Å². The summed E-state index contributed by atoms with van der Waals surface area (Å²) in [6, 6.07) is 8.28. The van der Waals surface area contributed by atoms with Gasteiger partial charge in [-0.05, 0) is 37.1 Å². The van der Waals surface area contributed by atoms with Gasteiger partial charge in [-0.25, -0.2) is 0 Å². The Labute approximate surface area is 136 Å². The van der Waals surface area contributed by atoms with Gasteiger partial charge >= 0.3 is 0 Å². The van der Waals surface area contributed by atoms with Crippen LogP contribution < -0.4 is 4.90 Å². The number of anilines is 1. The van der Waals surface area contributed by atoms with Gasteiger partial charge in [-0.1, -0.05) is 43.0 Å². The molecule has 0 bridgehead atoms. The van der Waals surface area contributed by atoms with Gasteiger partial charge in [-0.15, -0.1) is 0 Å². The topological polar surface area (TPSA) is 23.6 Å². The first kappa shape index (κ1) is 16.0. The fraction of sp³-hybridized carbons (Fsp3) is 0.375. The molecule has 1 amide bonds. The predicted molar refractivity (Wildman–Crippen MR) is 95.5 cm³/mol. The van der Waals surface area contributed by atoms with Crippen molar-refractivity contribution >= 4 is 46.0 Å². The Hall–Kier alpha value is -1.33. The lowest BCUT2D eigenvalue weighted by Gasteiger charge is -2.21. The molecule has 0 spiro atoms. The molecule has 1 heterocycles. The maximum Gasteiger partial charge on any atom is 0.266 e. The second kappa shape index (κ2) is 6.62. The van der Waals surface area contributed by atoms with Crippen LogP contribution in [-0.2, 0) is 4.79 Å². The van der Waals surface area contributed by atoms with Gasteiger partial charge in [-0.2, -0.15) is 0 Å². The van der Waals surface area contributed by atoms with Gasteiger partial charge in [0, 0.05) is 25.8 Å². The summed E-state index contributed by atoms with van der Waals surface area (Å²) < 4.78 is 0.658. The average molecular weight is 320 g/mol. The predicted octanol–water partition coefficient (Wildman–Crippen LogP) is 3.75. The zero-order valence-electron chi connectivity index (χ0n) is 12.8. The van der Waals surface area contributed by atoms with E-state index in [1.54, 1.807) is 4.90 Å². The first-order valence-corrected chi connectivity index (χ1v) is 8.21. The monoisotopic (exact) mass is 320 g/mol. The van der Waals surface area contributed by atoms with Gasteiger partial charge in [0.25, 0.3) is 5.91 Å². The van der Waals surface area contributed by atoms with Crippen molar-refractivity contribution in [2.75, 3.05) is 19.0 Å². The van der Waals surface area contributed by atoms with Crippen LogP contribution in [0.5, 0.6) is 0 Å². The molecule has 1 aliphatic heterocycles. The smallest absolute Gasteiger partial charge is 0.266 e. The van der Waals surface area contributed by atoms with Crippen LogP contribution in [0.3, 0.4) is 0 Å². The van der Waals surface area contributed by atoms with Crippen LogP contribution in [0.25, 0.3) is 6.08 Å². The largest absolute Gasteiger partial charge is 0.378 e. The Morgan fingerprint density at radius 3 is 2.48 bits per heavy atom. The van der Waals surface area contributed by atoms with Gasteiger partial charge in [0.05, 0.1) is 4.91 Å². The minimum atomic E-state index is 0.0241. The van der Waals surface area contributed by atoms with Crippen LogP contribution >= 0.6 is 24.0 Å². The van der Waals surface area contributed by atoms with E-state index < -0.39 is 0 Å². The summed E-state index contributed by atoms with van der Waals surface area (Å²) in [7, 11) is 4.01. The van der Waals surface area contributed by atoms with Crippen LogP contribution in [0, 0.1) is 0 Å². The number of hydrogen-bond donors (Lipinski definition) is 0. The van der Waals surface area contributed by atoms with Crippen LogP contribution in [0.15, 0.2) is 29.2 Å². The van der Waals surface area contributed by atoms with Gasteiger partial charge in [-0.3, -0.25) is 9.69 Å². The number of carbonyl (C=O) groups excluding carboxylic acids is 1. The first-order valence-electron chi connectivity index (χ1n) is 6.98. The third-order valence-corrected chi connectivity index (χ3v) is 4.89. The molecule has 1 aliphatic rings. The number of benzene rings is 1. The van der Waals surface area contributed by atoms with E-state index in [4.69, 9.17) is 12.2 Å². The van der Waals surface area contributed by atoms with Gasteiger partial charge < -0.3 is 4.90 Å². The van der Waals surface area contributed by atoms with E-state index in [9.17, 15) is 4.79 Å². The summed E-state index contributed by atoms with van der Waals surface area (Å²) in [5.41, 5.74) is 2.16. The van der Waals surface area contributed by atoms with Crippen molar-refractivity contribution < 1.29 is 4.79 Å². The Kier molecular flexibility index (Phi) is 5.06. The molecule has 1 atom stereocenters. The van der Waals surface area contributed by atoms with Crippen molar-refractivity contribution in [2.45, 2.75) is 26.3 Å². The van der Waals surface area contributed by atoms with Gasteiger partial charge in [0.1, 0.15) is 4.32 Å². The Morgan fingerprint density at radius 2 is 1.95 bits per heavy atom. The maximum absolute atomic E-state index is 12.4. The van der Waals surface area contributed by atoms with Crippen molar-refractivity contribution in [3.05, 3.63) is 34.7 Å². The third kappa shape index (κ3) is 3.47. The minimum absolute atomic E-state index is 0.0241. The number of amides is 1. The summed E-state index contributed by atoms with van der Waals surface area (Å²) in [6.07, 6.45) is 2.82. The standard InChI is InChI=1S/C16H20N2OS2/c1-5-11(2)18-15(19)14(21-16(18)20)10-12-6-8-13(9-7-12)17(3)4/h6-11H,5H2,1-4H3/b14-10-/t11-/m1/s1. The molecule has 1 aromatic carbocycles. The normalized spacial score (nSPS) is 18.5. The minimum Gasteiger partial charge on any atom is -0.378 e. The molecular formula is C16H20N2OS2. The molecular weight excluding hydrogens is 300 g/mol. The molecule has 2 rings (SSSR count). The van der Waals surface area contributed by atoms with Crippen molar-refractivity contribution in [3.63, 3.8) is 0 Å². The highest BCUT2D eigenvalue weighted by Crippen LogP contribution is 2.34. The highest BCUT2D eigenvalue weighted by molar-refractivity contribution is 8.26. The zero-order chi connectivity index (χ0) is 15.6. The highest BCUT2D eigenvalue weighted by atomic mass is 32.2. The Bertz CT molecular complexity index is 578. The molecule has 1 aromatic rings. The van der Waals surface area contributed by atoms with Crippen LogP contribution in [-0.4, -0.2) is 35.3 Å². The van der Waals surface area contributed by atoms with E-state index in [0.29, 0.717) is 9.23 Å². The summed E-state index contributed by atoms with van der Waals surface area (Å²) in [6.45, 7) is 4.09. The third-order valence-electron chi connectivity index (χ3n) is 3.56.